The minimum absolute atomic E-state index is 0.272. The van der Waals surface area contributed by atoms with E-state index in [-0.39, 0.29) is 5.56 Å². The van der Waals surface area contributed by atoms with E-state index in [1.165, 1.54) is 11.8 Å². The lowest BCUT2D eigenvalue weighted by Crippen LogP contribution is -2.43. The second kappa shape index (κ2) is 7.13. The van der Waals surface area contributed by atoms with E-state index in [9.17, 15) is 8.78 Å². The second-order valence-corrected chi connectivity index (χ2v) is 7.79. The van der Waals surface area contributed by atoms with Crippen LogP contribution in [0.15, 0.2) is 30.5 Å². The quantitative estimate of drug-likeness (QED) is 0.624. The van der Waals surface area contributed by atoms with Crippen molar-refractivity contribution in [1.82, 2.24) is 14.1 Å². The Labute approximate surface area is 161 Å². The molecular formula is C20H22F2N4S. The van der Waals surface area contributed by atoms with E-state index in [1.807, 2.05) is 0 Å². The van der Waals surface area contributed by atoms with Crippen LogP contribution in [-0.2, 0) is 0 Å². The van der Waals surface area contributed by atoms with E-state index >= 15 is 0 Å². The number of halogens is 2. The highest BCUT2D eigenvalue weighted by molar-refractivity contribution is 7.96. The van der Waals surface area contributed by atoms with Crippen LogP contribution in [0.4, 0.5) is 14.5 Å². The van der Waals surface area contributed by atoms with E-state index < -0.39 is 11.6 Å². The van der Waals surface area contributed by atoms with Gasteiger partial charge in [0, 0.05) is 43.3 Å². The van der Waals surface area contributed by atoms with Gasteiger partial charge in [-0.15, -0.1) is 0 Å². The zero-order valence-corrected chi connectivity index (χ0v) is 16.5. The van der Waals surface area contributed by atoms with Gasteiger partial charge in [0.25, 0.3) is 0 Å². The molecule has 1 fully saturated rings. The molecule has 1 aliphatic heterocycles. The van der Waals surface area contributed by atoms with Crippen molar-refractivity contribution in [3.8, 4) is 5.69 Å². The summed E-state index contributed by atoms with van der Waals surface area (Å²) in [7, 11) is 0. The molecule has 0 unspecified atom stereocenters. The Morgan fingerprint density at radius 3 is 2.37 bits per heavy atom. The van der Waals surface area contributed by atoms with Crippen molar-refractivity contribution in [3.05, 3.63) is 53.2 Å². The smallest absolute Gasteiger partial charge is 0.161 e. The number of aryl methyl sites for hydroxylation is 2. The van der Waals surface area contributed by atoms with E-state index in [1.54, 1.807) is 35.8 Å². The fourth-order valence-corrected chi connectivity index (χ4v) is 4.18. The van der Waals surface area contributed by atoms with Crippen LogP contribution >= 0.6 is 11.9 Å². The predicted octanol–water partition coefficient (Wildman–Crippen LogP) is 4.32. The van der Waals surface area contributed by atoms with E-state index in [0.717, 1.165) is 42.6 Å². The van der Waals surface area contributed by atoms with Gasteiger partial charge >= 0.3 is 0 Å². The summed E-state index contributed by atoms with van der Waals surface area (Å²) in [4.78, 5) is 2.40. The Hall–Kier alpha value is -2.12. The molecule has 0 spiro atoms. The van der Waals surface area contributed by atoms with Crippen molar-refractivity contribution >= 4 is 28.5 Å². The van der Waals surface area contributed by atoms with Crippen molar-refractivity contribution in [2.75, 3.05) is 37.3 Å². The Balaban J connectivity index is 1.72. The molecule has 2 aromatic carbocycles. The monoisotopic (exact) mass is 388 g/mol. The van der Waals surface area contributed by atoms with Crippen molar-refractivity contribution in [3.63, 3.8) is 0 Å². The lowest BCUT2D eigenvalue weighted by atomic mass is 10.1. The molecule has 142 valence electrons. The minimum Gasteiger partial charge on any atom is -0.369 e. The van der Waals surface area contributed by atoms with Gasteiger partial charge in [-0.3, -0.25) is 0 Å². The first kappa shape index (κ1) is 18.3. The molecule has 27 heavy (non-hydrogen) atoms. The average Bonchev–Trinajstić information content (AvgIpc) is 3.08. The molecule has 7 heteroatoms. The third-order valence-corrected chi connectivity index (χ3v) is 6.04. The summed E-state index contributed by atoms with van der Waals surface area (Å²) in [5.74, 6) is -1.66. The van der Waals surface area contributed by atoms with Crippen LogP contribution in [0, 0.1) is 25.5 Å². The van der Waals surface area contributed by atoms with Gasteiger partial charge in [-0.25, -0.2) is 17.8 Å². The Bertz CT molecular complexity index is 970. The summed E-state index contributed by atoms with van der Waals surface area (Å²) in [6.45, 7) is 7.69. The van der Waals surface area contributed by atoms with E-state index in [2.05, 4.69) is 39.6 Å². The molecule has 0 bridgehead atoms. The van der Waals surface area contributed by atoms with Gasteiger partial charge in [-0.2, -0.15) is 5.10 Å². The van der Waals surface area contributed by atoms with Crippen LogP contribution in [0.2, 0.25) is 0 Å². The van der Waals surface area contributed by atoms with Crippen LogP contribution in [0.5, 0.6) is 0 Å². The summed E-state index contributed by atoms with van der Waals surface area (Å²) in [5, 5.41) is 5.42. The van der Waals surface area contributed by atoms with Gasteiger partial charge < -0.3 is 4.90 Å². The second-order valence-electron chi connectivity index (χ2n) is 6.91. The van der Waals surface area contributed by atoms with Crippen molar-refractivity contribution in [2.24, 2.45) is 0 Å². The zero-order valence-electron chi connectivity index (χ0n) is 15.7. The fraction of sp³-hybridized carbons (Fsp3) is 0.350. The number of hydrogen-bond donors (Lipinski definition) is 0. The molecule has 4 rings (SSSR count). The zero-order chi connectivity index (χ0) is 19.1. The van der Waals surface area contributed by atoms with Gasteiger partial charge in [0.1, 0.15) is 0 Å². The molecule has 0 radical (unpaired) electrons. The van der Waals surface area contributed by atoms with Gasteiger partial charge in [-0.05, 0) is 49.4 Å². The van der Waals surface area contributed by atoms with E-state index in [0.29, 0.717) is 5.69 Å². The van der Waals surface area contributed by atoms with E-state index in [4.69, 9.17) is 0 Å². The number of aromatic nitrogens is 2. The predicted molar refractivity (Wildman–Crippen MR) is 108 cm³/mol. The molecule has 2 heterocycles. The molecule has 4 nitrogen and oxygen atoms in total. The fourth-order valence-electron chi connectivity index (χ4n) is 3.66. The number of nitrogens with zero attached hydrogens (tertiary/aromatic N) is 4. The lowest BCUT2D eigenvalue weighted by molar-refractivity contribution is 0.431. The number of hydrogen-bond acceptors (Lipinski definition) is 4. The van der Waals surface area contributed by atoms with Crippen LogP contribution in [0.3, 0.4) is 0 Å². The summed E-state index contributed by atoms with van der Waals surface area (Å²) >= 11 is 1.79. The summed E-state index contributed by atoms with van der Waals surface area (Å²) in [6.07, 6.45) is 3.90. The minimum atomic E-state index is -0.853. The molecule has 1 saturated heterocycles. The number of rotatable bonds is 3. The Morgan fingerprint density at radius 2 is 1.70 bits per heavy atom. The highest BCUT2D eigenvalue weighted by atomic mass is 32.2. The maximum atomic E-state index is 13.9. The Morgan fingerprint density at radius 1 is 0.963 bits per heavy atom. The number of piperazine rings is 1. The third kappa shape index (κ3) is 3.30. The first-order valence-electron chi connectivity index (χ1n) is 8.96. The molecule has 3 aromatic rings. The summed E-state index contributed by atoms with van der Waals surface area (Å²) in [5.41, 5.74) is 4.06. The number of anilines is 1. The molecular weight excluding hydrogens is 366 g/mol. The normalized spacial score (nSPS) is 15.7. The average molecular weight is 388 g/mol. The maximum Gasteiger partial charge on any atom is 0.161 e. The molecule has 1 aromatic heterocycles. The maximum absolute atomic E-state index is 13.9. The van der Waals surface area contributed by atoms with Gasteiger partial charge in [0.2, 0.25) is 0 Å². The molecule has 0 saturated carbocycles. The molecule has 0 amide bonds. The van der Waals surface area contributed by atoms with Crippen molar-refractivity contribution in [2.45, 2.75) is 13.8 Å². The van der Waals surface area contributed by atoms with Gasteiger partial charge in [0.05, 0.1) is 17.4 Å². The first-order valence-corrected chi connectivity index (χ1v) is 10.1. The first-order chi connectivity index (χ1) is 13.0. The van der Waals surface area contributed by atoms with Crippen molar-refractivity contribution < 1.29 is 8.78 Å². The standard InChI is InChI=1S/C20H22F2N4S/c1-13-9-19-15(10-18(13)24-4-6-25(27-3)7-5-24)12-23-26(19)16-8-14(2)20(22)17(21)11-16/h8-12H,4-7H2,1-3H3. The highest BCUT2D eigenvalue weighted by Gasteiger charge is 2.19. The van der Waals surface area contributed by atoms with Crippen LogP contribution in [0.1, 0.15) is 11.1 Å². The van der Waals surface area contributed by atoms with Crippen LogP contribution in [-0.4, -0.2) is 46.5 Å². The SMILES string of the molecule is CSN1CCN(c2cc3cnn(-c4cc(C)c(F)c(F)c4)c3cc2C)CC1. The van der Waals surface area contributed by atoms with Crippen LogP contribution in [0.25, 0.3) is 16.6 Å². The Kier molecular flexibility index (Phi) is 4.82. The molecule has 0 atom stereocenters. The molecule has 0 aliphatic carbocycles. The highest BCUT2D eigenvalue weighted by Crippen LogP contribution is 2.30. The van der Waals surface area contributed by atoms with Crippen molar-refractivity contribution in [1.29, 1.82) is 0 Å². The lowest BCUT2D eigenvalue weighted by Gasteiger charge is -2.35. The largest absolute Gasteiger partial charge is 0.369 e. The molecule has 1 aliphatic rings. The number of fused-ring (bicyclic) bond motifs is 1. The molecule has 0 N–H and O–H groups in total. The van der Waals surface area contributed by atoms with Gasteiger partial charge in [0.15, 0.2) is 11.6 Å². The number of benzene rings is 2. The van der Waals surface area contributed by atoms with Gasteiger partial charge in [-0.1, -0.05) is 11.9 Å². The summed E-state index contributed by atoms with van der Waals surface area (Å²) < 4.78 is 31.5. The van der Waals surface area contributed by atoms with Crippen LogP contribution < -0.4 is 4.90 Å². The third-order valence-electron chi connectivity index (χ3n) is 5.16. The summed E-state index contributed by atoms with van der Waals surface area (Å²) in [6, 6.07) is 7.04. The topological polar surface area (TPSA) is 24.3 Å².